The Morgan fingerprint density at radius 2 is 2.20 bits per heavy atom. The van der Waals surface area contributed by atoms with Gasteiger partial charge in [-0.1, -0.05) is 13.8 Å². The molecule has 1 aliphatic carbocycles. The molecule has 0 fully saturated rings. The fraction of sp³-hybridized carbons (Fsp3) is 0.438. The van der Waals surface area contributed by atoms with Crippen molar-refractivity contribution in [2.75, 3.05) is 0 Å². The van der Waals surface area contributed by atoms with Crippen molar-refractivity contribution < 1.29 is 0 Å². The zero-order valence-electron chi connectivity index (χ0n) is 12.2. The van der Waals surface area contributed by atoms with E-state index in [0.717, 1.165) is 23.1 Å². The van der Waals surface area contributed by atoms with Crippen molar-refractivity contribution in [3.63, 3.8) is 0 Å². The van der Waals surface area contributed by atoms with E-state index >= 15 is 0 Å². The second-order valence-electron chi connectivity index (χ2n) is 6.53. The molecular weight excluding hydrogens is 314 g/mol. The van der Waals surface area contributed by atoms with E-state index in [-0.39, 0.29) is 11.5 Å². The van der Waals surface area contributed by atoms with Crippen LogP contribution >= 0.6 is 15.9 Å². The first-order valence-corrected chi connectivity index (χ1v) is 7.75. The normalized spacial score (nSPS) is 20.8. The number of nitrogens with zero attached hydrogens (tertiary/aromatic N) is 2. The zero-order chi connectivity index (χ0) is 14.5. The third-order valence-electron chi connectivity index (χ3n) is 4.12. The van der Waals surface area contributed by atoms with Crippen LogP contribution in [-0.4, -0.2) is 9.55 Å². The third kappa shape index (κ3) is 2.31. The van der Waals surface area contributed by atoms with Gasteiger partial charge >= 0.3 is 0 Å². The molecule has 2 aromatic rings. The Morgan fingerprint density at radius 1 is 1.45 bits per heavy atom. The summed E-state index contributed by atoms with van der Waals surface area (Å²) < 4.78 is 3.23. The van der Waals surface area contributed by atoms with Gasteiger partial charge in [0.1, 0.15) is 5.82 Å². The van der Waals surface area contributed by atoms with E-state index in [1.165, 1.54) is 16.8 Å². The van der Waals surface area contributed by atoms with Gasteiger partial charge in [0, 0.05) is 28.6 Å². The van der Waals surface area contributed by atoms with E-state index in [9.17, 15) is 0 Å². The van der Waals surface area contributed by atoms with Crippen molar-refractivity contribution >= 4 is 15.9 Å². The highest BCUT2D eigenvalue weighted by molar-refractivity contribution is 9.10. The summed E-state index contributed by atoms with van der Waals surface area (Å²) in [4.78, 5) is 4.54. The molecule has 3 rings (SSSR count). The monoisotopic (exact) mass is 333 g/mol. The van der Waals surface area contributed by atoms with Crippen LogP contribution in [0, 0.1) is 12.3 Å². The first-order chi connectivity index (χ1) is 9.37. The molecule has 3 nitrogen and oxygen atoms in total. The lowest BCUT2D eigenvalue weighted by Crippen LogP contribution is -2.30. The standard InChI is InChI=1S/C16H20BrN3/c1-10-6-15(19-9-12(10)17)20-5-4-11-13(18)7-16(2,3)8-14(11)20/h4-6,9,13H,7-8,18H2,1-3H3. The number of hydrogen-bond donors (Lipinski definition) is 1. The number of nitrogens with two attached hydrogens (primary N) is 1. The van der Waals surface area contributed by atoms with Gasteiger partial charge in [-0.2, -0.15) is 0 Å². The fourth-order valence-electron chi connectivity index (χ4n) is 3.11. The predicted molar refractivity (Wildman–Crippen MR) is 85.0 cm³/mol. The van der Waals surface area contributed by atoms with Crippen molar-refractivity contribution in [3.05, 3.63) is 45.8 Å². The summed E-state index contributed by atoms with van der Waals surface area (Å²) in [6, 6.07) is 4.39. The summed E-state index contributed by atoms with van der Waals surface area (Å²) in [7, 11) is 0. The van der Waals surface area contributed by atoms with E-state index in [1.807, 2.05) is 6.20 Å². The molecule has 0 bridgehead atoms. The quantitative estimate of drug-likeness (QED) is 0.859. The molecule has 0 aliphatic heterocycles. The highest BCUT2D eigenvalue weighted by Gasteiger charge is 2.32. The number of rotatable bonds is 1. The molecule has 1 aliphatic rings. The Morgan fingerprint density at radius 3 is 2.90 bits per heavy atom. The van der Waals surface area contributed by atoms with Crippen molar-refractivity contribution in [1.29, 1.82) is 0 Å². The van der Waals surface area contributed by atoms with Crippen molar-refractivity contribution in [2.24, 2.45) is 11.1 Å². The van der Waals surface area contributed by atoms with Gasteiger partial charge in [0.25, 0.3) is 0 Å². The first-order valence-electron chi connectivity index (χ1n) is 6.96. The molecule has 20 heavy (non-hydrogen) atoms. The second kappa shape index (κ2) is 4.71. The molecule has 106 valence electrons. The maximum atomic E-state index is 6.33. The van der Waals surface area contributed by atoms with Crippen LogP contribution < -0.4 is 5.73 Å². The van der Waals surface area contributed by atoms with Crippen LogP contribution in [0.1, 0.15) is 43.1 Å². The molecule has 0 amide bonds. The Balaban J connectivity index is 2.10. The van der Waals surface area contributed by atoms with Crippen LogP contribution in [0.2, 0.25) is 0 Å². The minimum Gasteiger partial charge on any atom is -0.324 e. The molecule has 2 heterocycles. The number of aryl methyl sites for hydroxylation is 1. The van der Waals surface area contributed by atoms with E-state index in [4.69, 9.17) is 5.73 Å². The Labute approximate surface area is 128 Å². The molecule has 1 atom stereocenters. The van der Waals surface area contributed by atoms with Crippen LogP contribution in [0.25, 0.3) is 5.82 Å². The largest absolute Gasteiger partial charge is 0.324 e. The highest BCUT2D eigenvalue weighted by Crippen LogP contribution is 2.40. The van der Waals surface area contributed by atoms with Gasteiger partial charge in [-0.05, 0) is 64.4 Å². The van der Waals surface area contributed by atoms with Gasteiger partial charge in [0.2, 0.25) is 0 Å². The van der Waals surface area contributed by atoms with Crippen molar-refractivity contribution in [3.8, 4) is 5.82 Å². The lowest BCUT2D eigenvalue weighted by Gasteiger charge is -2.34. The van der Waals surface area contributed by atoms with E-state index < -0.39 is 0 Å². The van der Waals surface area contributed by atoms with Gasteiger partial charge < -0.3 is 10.3 Å². The minimum absolute atomic E-state index is 0.131. The van der Waals surface area contributed by atoms with Crippen LogP contribution in [0.4, 0.5) is 0 Å². The molecular formula is C16H20BrN3. The molecule has 4 heteroatoms. The fourth-order valence-corrected chi connectivity index (χ4v) is 3.32. The average molecular weight is 334 g/mol. The van der Waals surface area contributed by atoms with Crippen LogP contribution in [-0.2, 0) is 6.42 Å². The van der Waals surface area contributed by atoms with Crippen LogP contribution in [0.15, 0.2) is 29.0 Å². The summed E-state index contributed by atoms with van der Waals surface area (Å²) in [6.07, 6.45) is 6.04. The average Bonchev–Trinajstić information content (AvgIpc) is 2.75. The molecule has 0 saturated carbocycles. The lowest BCUT2D eigenvalue weighted by molar-refractivity contribution is 0.278. The number of hydrogen-bond acceptors (Lipinski definition) is 2. The number of halogens is 1. The molecule has 0 radical (unpaired) electrons. The summed E-state index contributed by atoms with van der Waals surface area (Å²) in [6.45, 7) is 6.65. The summed E-state index contributed by atoms with van der Waals surface area (Å²) >= 11 is 3.50. The number of pyridine rings is 1. The Kier molecular flexibility index (Phi) is 3.26. The molecule has 0 saturated heterocycles. The molecule has 0 spiro atoms. The van der Waals surface area contributed by atoms with Gasteiger partial charge in [-0.3, -0.25) is 0 Å². The maximum absolute atomic E-state index is 6.33. The molecule has 2 aromatic heterocycles. The van der Waals surface area contributed by atoms with Crippen molar-refractivity contribution in [2.45, 2.75) is 39.7 Å². The first kappa shape index (κ1) is 13.8. The molecule has 1 unspecified atom stereocenters. The Hall–Kier alpha value is -1.13. The summed E-state index contributed by atoms with van der Waals surface area (Å²) in [5.74, 6) is 0.969. The van der Waals surface area contributed by atoms with Gasteiger partial charge in [0.05, 0.1) is 0 Å². The topological polar surface area (TPSA) is 43.8 Å². The smallest absolute Gasteiger partial charge is 0.137 e. The van der Waals surface area contributed by atoms with E-state index in [1.54, 1.807) is 0 Å². The van der Waals surface area contributed by atoms with E-state index in [0.29, 0.717) is 0 Å². The second-order valence-corrected chi connectivity index (χ2v) is 7.39. The molecule has 2 N–H and O–H groups in total. The summed E-state index contributed by atoms with van der Waals surface area (Å²) in [5.41, 5.74) is 10.3. The number of aromatic nitrogens is 2. The van der Waals surface area contributed by atoms with Gasteiger partial charge in [0.15, 0.2) is 0 Å². The van der Waals surface area contributed by atoms with E-state index in [2.05, 4.69) is 64.6 Å². The van der Waals surface area contributed by atoms with Gasteiger partial charge in [-0.15, -0.1) is 0 Å². The third-order valence-corrected chi connectivity index (χ3v) is 4.95. The molecule has 0 aromatic carbocycles. The Bertz CT molecular complexity index is 658. The lowest BCUT2D eigenvalue weighted by atomic mass is 9.74. The SMILES string of the molecule is Cc1cc(-n2ccc3c2CC(C)(C)CC3N)ncc1Br. The maximum Gasteiger partial charge on any atom is 0.137 e. The predicted octanol–water partition coefficient (Wildman–Crippen LogP) is 3.92. The van der Waals surface area contributed by atoms with Crippen LogP contribution in [0.5, 0.6) is 0 Å². The minimum atomic E-state index is 0.131. The zero-order valence-corrected chi connectivity index (χ0v) is 13.7. The van der Waals surface area contributed by atoms with Gasteiger partial charge in [-0.25, -0.2) is 4.98 Å². The highest BCUT2D eigenvalue weighted by atomic mass is 79.9. The van der Waals surface area contributed by atoms with Crippen molar-refractivity contribution in [1.82, 2.24) is 9.55 Å². The summed E-state index contributed by atoms with van der Waals surface area (Å²) in [5, 5.41) is 0. The number of fused-ring (bicyclic) bond motifs is 1. The van der Waals surface area contributed by atoms with Crippen LogP contribution in [0.3, 0.4) is 0 Å².